The zero-order valence-corrected chi connectivity index (χ0v) is 18.9. The lowest BCUT2D eigenvalue weighted by Crippen LogP contribution is -2.49. The Morgan fingerprint density at radius 3 is 2.17 bits per heavy atom. The van der Waals surface area contributed by atoms with Crippen LogP contribution in [0.3, 0.4) is 0 Å². The summed E-state index contributed by atoms with van der Waals surface area (Å²) >= 11 is 0. The fraction of sp³-hybridized carbons (Fsp3) is 0.423. The quantitative estimate of drug-likeness (QED) is 0.391. The van der Waals surface area contributed by atoms with Gasteiger partial charge in [0.05, 0.1) is 0 Å². The van der Waals surface area contributed by atoms with Crippen LogP contribution in [0.25, 0.3) is 0 Å². The molecule has 2 atom stereocenters. The van der Waals surface area contributed by atoms with E-state index in [4.69, 9.17) is 4.74 Å². The lowest BCUT2D eigenvalue weighted by molar-refractivity contribution is -0.172. The minimum atomic E-state index is -0.469. The predicted molar refractivity (Wildman–Crippen MR) is 126 cm³/mol. The van der Waals surface area contributed by atoms with Gasteiger partial charge in [-0.2, -0.15) is 0 Å². The molecule has 1 saturated carbocycles. The number of halogens is 1. The highest BCUT2D eigenvalue weighted by molar-refractivity contribution is 5.85. The van der Waals surface area contributed by atoms with Crippen molar-refractivity contribution in [2.45, 2.75) is 43.6 Å². The molecule has 30 heavy (non-hydrogen) atoms. The Morgan fingerprint density at radius 1 is 1.10 bits per heavy atom. The Kier molecular flexibility index (Phi) is 9.13. The standard InChI is InChI=1S/C26H33NO2.ClH/c1-4-18-26(19-12-11-17-23(26)20-27(2)3)29-25(28)24(21-13-7-5-8-14-21)22-15-9-6-10-16-22;/h4-10,13-16,23-24H,1,11-12,17-20H2,2-3H3;1H. The summed E-state index contributed by atoms with van der Waals surface area (Å²) in [6, 6.07) is 19.9. The van der Waals surface area contributed by atoms with Crippen LogP contribution in [0.4, 0.5) is 0 Å². The van der Waals surface area contributed by atoms with Gasteiger partial charge in [0.15, 0.2) is 0 Å². The number of esters is 1. The van der Waals surface area contributed by atoms with Crippen LogP contribution in [-0.4, -0.2) is 37.1 Å². The number of nitrogens with zero attached hydrogens (tertiary/aromatic N) is 1. The van der Waals surface area contributed by atoms with E-state index in [0.29, 0.717) is 12.3 Å². The largest absolute Gasteiger partial charge is 0.458 e. The Morgan fingerprint density at radius 2 is 1.67 bits per heavy atom. The Hall–Kier alpha value is -2.10. The highest BCUT2D eigenvalue weighted by atomic mass is 35.5. The van der Waals surface area contributed by atoms with Crippen molar-refractivity contribution < 1.29 is 9.53 Å². The molecule has 0 saturated heterocycles. The van der Waals surface area contributed by atoms with Crippen molar-refractivity contribution >= 4 is 18.4 Å². The fourth-order valence-electron chi connectivity index (χ4n) is 4.68. The molecule has 1 aliphatic carbocycles. The van der Waals surface area contributed by atoms with Gasteiger partial charge in [-0.25, -0.2) is 0 Å². The van der Waals surface area contributed by atoms with Crippen LogP contribution < -0.4 is 0 Å². The third kappa shape index (κ3) is 5.74. The van der Waals surface area contributed by atoms with E-state index in [1.807, 2.05) is 66.7 Å². The van der Waals surface area contributed by atoms with Crippen molar-refractivity contribution in [2.24, 2.45) is 5.92 Å². The topological polar surface area (TPSA) is 29.5 Å². The molecule has 2 aromatic rings. The average molecular weight is 428 g/mol. The third-order valence-corrected chi connectivity index (χ3v) is 6.03. The van der Waals surface area contributed by atoms with Gasteiger partial charge in [0.1, 0.15) is 11.5 Å². The molecule has 0 aliphatic heterocycles. The molecule has 1 aliphatic rings. The van der Waals surface area contributed by atoms with E-state index < -0.39 is 11.5 Å². The molecule has 3 rings (SSSR count). The van der Waals surface area contributed by atoms with Crippen LogP contribution in [-0.2, 0) is 9.53 Å². The number of hydrogen-bond donors (Lipinski definition) is 0. The van der Waals surface area contributed by atoms with Crippen molar-refractivity contribution in [1.82, 2.24) is 4.90 Å². The lowest BCUT2D eigenvalue weighted by atomic mass is 9.72. The molecule has 0 aromatic heterocycles. The molecule has 2 unspecified atom stereocenters. The Balaban J connectivity index is 0.00000320. The second kappa shape index (κ2) is 11.3. The molecular formula is C26H34ClNO2. The maximum absolute atomic E-state index is 13.7. The highest BCUT2D eigenvalue weighted by Crippen LogP contribution is 2.42. The average Bonchev–Trinajstić information content (AvgIpc) is 2.71. The van der Waals surface area contributed by atoms with Gasteiger partial charge in [-0.3, -0.25) is 4.79 Å². The molecular weight excluding hydrogens is 394 g/mol. The second-order valence-electron chi connectivity index (χ2n) is 8.44. The third-order valence-electron chi connectivity index (χ3n) is 6.03. The van der Waals surface area contributed by atoms with Gasteiger partial charge in [-0.15, -0.1) is 19.0 Å². The van der Waals surface area contributed by atoms with Gasteiger partial charge < -0.3 is 9.64 Å². The Bertz CT molecular complexity index is 754. The van der Waals surface area contributed by atoms with Crippen LogP contribution in [0.5, 0.6) is 0 Å². The van der Waals surface area contributed by atoms with Crippen LogP contribution in [0.15, 0.2) is 73.3 Å². The summed E-state index contributed by atoms with van der Waals surface area (Å²) in [6.07, 6.45) is 6.89. The molecule has 2 aromatic carbocycles. The molecule has 0 heterocycles. The van der Waals surface area contributed by atoms with E-state index in [1.54, 1.807) is 0 Å². The predicted octanol–water partition coefficient (Wildman–Crippen LogP) is 5.85. The summed E-state index contributed by atoms with van der Waals surface area (Å²) in [4.78, 5) is 15.9. The normalized spacial score (nSPS) is 21.1. The van der Waals surface area contributed by atoms with Crippen LogP contribution in [0, 0.1) is 5.92 Å². The smallest absolute Gasteiger partial charge is 0.318 e. The summed E-state index contributed by atoms with van der Waals surface area (Å²) in [7, 11) is 4.18. The minimum absolute atomic E-state index is 0. The fourth-order valence-corrected chi connectivity index (χ4v) is 4.68. The second-order valence-corrected chi connectivity index (χ2v) is 8.44. The summed E-state index contributed by atoms with van der Waals surface area (Å²) in [5.74, 6) is -0.253. The molecule has 0 radical (unpaired) electrons. The van der Waals surface area contributed by atoms with Gasteiger partial charge in [0.25, 0.3) is 0 Å². The summed E-state index contributed by atoms with van der Waals surface area (Å²) in [5, 5.41) is 0. The first kappa shape index (κ1) is 24.2. The molecule has 0 N–H and O–H groups in total. The number of benzene rings is 2. The highest BCUT2D eigenvalue weighted by Gasteiger charge is 2.44. The van der Waals surface area contributed by atoms with Gasteiger partial charge in [0.2, 0.25) is 0 Å². The van der Waals surface area contributed by atoms with Crippen molar-refractivity contribution in [1.29, 1.82) is 0 Å². The molecule has 3 nitrogen and oxygen atoms in total. The van der Waals surface area contributed by atoms with Crippen LogP contribution in [0.2, 0.25) is 0 Å². The minimum Gasteiger partial charge on any atom is -0.458 e. The first-order valence-electron chi connectivity index (χ1n) is 10.6. The van der Waals surface area contributed by atoms with Crippen LogP contribution in [0.1, 0.15) is 49.1 Å². The van der Waals surface area contributed by atoms with E-state index in [1.165, 1.54) is 6.42 Å². The molecule has 0 bridgehead atoms. The van der Waals surface area contributed by atoms with Crippen molar-refractivity contribution in [3.8, 4) is 0 Å². The first-order chi connectivity index (χ1) is 14.1. The van der Waals surface area contributed by atoms with E-state index >= 15 is 0 Å². The number of hydrogen-bond acceptors (Lipinski definition) is 3. The number of carbonyl (C=O) groups is 1. The maximum Gasteiger partial charge on any atom is 0.318 e. The van der Waals surface area contributed by atoms with Crippen LogP contribution >= 0.6 is 12.4 Å². The van der Waals surface area contributed by atoms with E-state index in [-0.39, 0.29) is 18.4 Å². The number of rotatable bonds is 8. The number of carbonyl (C=O) groups excluding carboxylic acids is 1. The Labute approximate surface area is 187 Å². The van der Waals surface area contributed by atoms with Crippen molar-refractivity contribution in [3.05, 3.63) is 84.4 Å². The van der Waals surface area contributed by atoms with Gasteiger partial charge in [-0.05, 0) is 44.5 Å². The first-order valence-corrected chi connectivity index (χ1v) is 10.6. The summed E-state index contributed by atoms with van der Waals surface area (Å²) < 4.78 is 6.47. The molecule has 0 amide bonds. The van der Waals surface area contributed by atoms with Gasteiger partial charge in [0, 0.05) is 18.9 Å². The van der Waals surface area contributed by atoms with E-state index in [2.05, 4.69) is 25.6 Å². The van der Waals surface area contributed by atoms with Gasteiger partial charge >= 0.3 is 5.97 Å². The van der Waals surface area contributed by atoms with Crippen molar-refractivity contribution in [2.75, 3.05) is 20.6 Å². The monoisotopic (exact) mass is 427 g/mol. The lowest BCUT2D eigenvalue weighted by Gasteiger charge is -2.44. The zero-order valence-electron chi connectivity index (χ0n) is 18.1. The zero-order chi connectivity index (χ0) is 20.7. The molecule has 162 valence electrons. The summed E-state index contributed by atoms with van der Waals surface area (Å²) in [6.45, 7) is 4.90. The number of ether oxygens (including phenoxy) is 1. The SMILES string of the molecule is C=CCC1(OC(=O)C(c2ccccc2)c2ccccc2)CCCCC1CN(C)C.Cl. The molecule has 0 spiro atoms. The summed E-state index contributed by atoms with van der Waals surface area (Å²) in [5.41, 5.74) is 1.47. The van der Waals surface area contributed by atoms with Crippen molar-refractivity contribution in [3.63, 3.8) is 0 Å². The molecule has 4 heteroatoms. The van der Waals surface area contributed by atoms with E-state index in [9.17, 15) is 4.79 Å². The van der Waals surface area contributed by atoms with Gasteiger partial charge in [-0.1, -0.05) is 73.2 Å². The van der Waals surface area contributed by atoms with E-state index in [0.717, 1.165) is 36.9 Å². The molecule has 1 fully saturated rings. The maximum atomic E-state index is 13.7.